The predicted octanol–water partition coefficient (Wildman–Crippen LogP) is 4.56. The van der Waals surface area contributed by atoms with Crippen LogP contribution in [0.3, 0.4) is 0 Å². The predicted molar refractivity (Wildman–Crippen MR) is 88.7 cm³/mol. The highest BCUT2D eigenvalue weighted by molar-refractivity contribution is 8.13. The Labute approximate surface area is 133 Å². The molecule has 0 N–H and O–H groups in total. The molecule has 0 saturated carbocycles. The van der Waals surface area contributed by atoms with E-state index in [0.717, 1.165) is 18.6 Å². The number of ether oxygens (including phenoxy) is 1. The van der Waals surface area contributed by atoms with Crippen molar-refractivity contribution in [1.29, 1.82) is 0 Å². The van der Waals surface area contributed by atoms with E-state index >= 15 is 0 Å². The van der Waals surface area contributed by atoms with Crippen LogP contribution in [0.5, 0.6) is 5.75 Å². The average molecular weight is 333 g/mol. The van der Waals surface area contributed by atoms with Crippen LogP contribution in [0.15, 0.2) is 24.3 Å². The molecule has 0 bridgehead atoms. The third-order valence-electron chi connectivity index (χ3n) is 3.80. The van der Waals surface area contributed by atoms with E-state index in [-0.39, 0.29) is 11.7 Å². The van der Waals surface area contributed by atoms with Crippen LogP contribution >= 0.6 is 10.7 Å². The summed E-state index contributed by atoms with van der Waals surface area (Å²) in [5, 5.41) is 0. The molecular weight excluding hydrogens is 308 g/mol. The molecule has 2 atom stereocenters. The fraction of sp³-hybridized carbons (Fsp3) is 0.625. The molecule has 21 heavy (non-hydrogen) atoms. The lowest BCUT2D eigenvalue weighted by Crippen LogP contribution is -2.08. The molecule has 0 aliphatic carbocycles. The SMILES string of the molecule is CCC(C)c1ccc(OCCC(C)CCS(=O)(=O)Cl)cc1. The van der Waals surface area contributed by atoms with Crippen molar-refractivity contribution >= 4 is 19.7 Å². The molecule has 2 unspecified atom stereocenters. The summed E-state index contributed by atoms with van der Waals surface area (Å²) in [7, 11) is 1.82. The van der Waals surface area contributed by atoms with Crippen LogP contribution in [0, 0.1) is 5.92 Å². The fourth-order valence-electron chi connectivity index (χ4n) is 1.99. The van der Waals surface area contributed by atoms with Gasteiger partial charge >= 0.3 is 0 Å². The summed E-state index contributed by atoms with van der Waals surface area (Å²) < 4.78 is 27.4. The maximum atomic E-state index is 10.9. The second kappa shape index (κ2) is 8.64. The Hall–Kier alpha value is -0.740. The van der Waals surface area contributed by atoms with Crippen LogP contribution in [0.4, 0.5) is 0 Å². The first-order chi connectivity index (χ1) is 9.81. The molecule has 120 valence electrons. The third kappa shape index (κ3) is 7.72. The number of halogens is 1. The minimum Gasteiger partial charge on any atom is -0.494 e. The monoisotopic (exact) mass is 332 g/mol. The maximum absolute atomic E-state index is 10.9. The molecule has 1 aromatic rings. The Bertz CT molecular complexity index is 511. The molecule has 1 aromatic carbocycles. The molecule has 0 aliphatic rings. The van der Waals surface area contributed by atoms with Gasteiger partial charge < -0.3 is 4.74 Å². The second-order valence-corrected chi connectivity index (χ2v) is 8.55. The first kappa shape index (κ1) is 18.3. The average Bonchev–Trinajstić information content (AvgIpc) is 2.44. The molecule has 0 spiro atoms. The zero-order valence-corrected chi connectivity index (χ0v) is 14.6. The van der Waals surface area contributed by atoms with Gasteiger partial charge in [-0.15, -0.1) is 0 Å². The first-order valence-corrected chi connectivity index (χ1v) is 9.94. The van der Waals surface area contributed by atoms with Crippen molar-refractivity contribution in [3.05, 3.63) is 29.8 Å². The minimum absolute atomic E-state index is 0.0271. The van der Waals surface area contributed by atoms with Gasteiger partial charge in [-0.3, -0.25) is 0 Å². The largest absolute Gasteiger partial charge is 0.494 e. The van der Waals surface area contributed by atoms with E-state index in [0.29, 0.717) is 18.9 Å². The van der Waals surface area contributed by atoms with Gasteiger partial charge in [0.2, 0.25) is 9.05 Å². The Kier molecular flexibility index (Phi) is 7.53. The van der Waals surface area contributed by atoms with E-state index in [1.54, 1.807) is 0 Å². The van der Waals surface area contributed by atoms with Crippen LogP contribution in [0.1, 0.15) is 51.5 Å². The number of hydrogen-bond acceptors (Lipinski definition) is 3. The highest BCUT2D eigenvalue weighted by atomic mass is 35.7. The van der Waals surface area contributed by atoms with Gasteiger partial charge in [-0.25, -0.2) is 8.42 Å². The van der Waals surface area contributed by atoms with Crippen molar-refractivity contribution in [1.82, 2.24) is 0 Å². The smallest absolute Gasteiger partial charge is 0.232 e. The molecular formula is C16H25ClO3S. The van der Waals surface area contributed by atoms with Crippen LogP contribution in [0.25, 0.3) is 0 Å². The second-order valence-electron chi connectivity index (χ2n) is 5.65. The summed E-state index contributed by atoms with van der Waals surface area (Å²) in [6, 6.07) is 8.20. The molecule has 0 radical (unpaired) electrons. The lowest BCUT2D eigenvalue weighted by Gasteiger charge is -2.13. The summed E-state index contributed by atoms with van der Waals surface area (Å²) in [6.45, 7) is 6.99. The Morgan fingerprint density at radius 2 is 1.76 bits per heavy atom. The molecule has 0 amide bonds. The Balaban J connectivity index is 2.32. The van der Waals surface area contributed by atoms with Crippen molar-refractivity contribution in [2.75, 3.05) is 12.4 Å². The topological polar surface area (TPSA) is 43.4 Å². The van der Waals surface area contributed by atoms with Gasteiger partial charge in [-0.1, -0.05) is 32.9 Å². The van der Waals surface area contributed by atoms with Crippen molar-refractivity contribution in [3.63, 3.8) is 0 Å². The Morgan fingerprint density at radius 1 is 1.14 bits per heavy atom. The first-order valence-electron chi connectivity index (χ1n) is 7.47. The zero-order valence-electron chi connectivity index (χ0n) is 13.0. The third-order valence-corrected chi connectivity index (χ3v) is 4.98. The lowest BCUT2D eigenvalue weighted by atomic mass is 9.99. The highest BCUT2D eigenvalue weighted by Gasteiger charge is 2.10. The quantitative estimate of drug-likeness (QED) is 0.622. The molecule has 0 heterocycles. The van der Waals surface area contributed by atoms with Gasteiger partial charge in [0.1, 0.15) is 5.75 Å². The van der Waals surface area contributed by atoms with E-state index in [9.17, 15) is 8.42 Å². The molecule has 0 fully saturated rings. The minimum atomic E-state index is -3.38. The molecule has 3 nitrogen and oxygen atoms in total. The van der Waals surface area contributed by atoms with E-state index in [1.165, 1.54) is 5.56 Å². The normalized spacial score (nSPS) is 14.7. The summed E-state index contributed by atoms with van der Waals surface area (Å²) in [6.07, 6.45) is 2.52. The van der Waals surface area contributed by atoms with Gasteiger partial charge in [0.15, 0.2) is 0 Å². The van der Waals surface area contributed by atoms with Gasteiger partial charge in [0, 0.05) is 10.7 Å². The number of benzene rings is 1. The summed E-state index contributed by atoms with van der Waals surface area (Å²) >= 11 is 0. The van der Waals surface area contributed by atoms with E-state index < -0.39 is 9.05 Å². The fourth-order valence-corrected chi connectivity index (χ4v) is 2.94. The van der Waals surface area contributed by atoms with Gasteiger partial charge in [0.05, 0.1) is 12.4 Å². The van der Waals surface area contributed by atoms with Crippen molar-refractivity contribution < 1.29 is 13.2 Å². The standard InChI is InChI=1S/C16H25ClO3S/c1-4-14(3)15-5-7-16(8-6-15)20-11-9-13(2)10-12-21(17,18)19/h5-8,13-14H,4,9-12H2,1-3H3. The van der Waals surface area contributed by atoms with Gasteiger partial charge in [-0.2, -0.15) is 0 Å². The summed E-state index contributed by atoms with van der Waals surface area (Å²) in [4.78, 5) is 0. The van der Waals surface area contributed by atoms with Crippen LogP contribution in [-0.2, 0) is 9.05 Å². The summed E-state index contributed by atoms with van der Waals surface area (Å²) in [5.41, 5.74) is 1.32. The number of hydrogen-bond donors (Lipinski definition) is 0. The zero-order chi connectivity index (χ0) is 15.9. The van der Waals surface area contributed by atoms with Crippen molar-refractivity contribution in [2.45, 2.75) is 46.0 Å². The molecule has 0 saturated heterocycles. The lowest BCUT2D eigenvalue weighted by molar-refractivity contribution is 0.282. The van der Waals surface area contributed by atoms with Crippen molar-refractivity contribution in [3.8, 4) is 5.75 Å². The van der Waals surface area contributed by atoms with Crippen LogP contribution in [0.2, 0.25) is 0 Å². The van der Waals surface area contributed by atoms with E-state index in [4.69, 9.17) is 15.4 Å². The Morgan fingerprint density at radius 3 is 2.29 bits per heavy atom. The summed E-state index contributed by atoms with van der Waals surface area (Å²) in [5.74, 6) is 1.73. The van der Waals surface area contributed by atoms with Crippen LogP contribution < -0.4 is 4.74 Å². The molecule has 5 heteroatoms. The maximum Gasteiger partial charge on any atom is 0.232 e. The van der Waals surface area contributed by atoms with Crippen LogP contribution in [-0.4, -0.2) is 20.8 Å². The van der Waals surface area contributed by atoms with E-state index in [1.807, 2.05) is 19.1 Å². The van der Waals surface area contributed by atoms with Gasteiger partial charge in [0.25, 0.3) is 0 Å². The molecule has 0 aliphatic heterocycles. The molecule has 1 rings (SSSR count). The van der Waals surface area contributed by atoms with Crippen molar-refractivity contribution in [2.24, 2.45) is 5.92 Å². The van der Waals surface area contributed by atoms with E-state index in [2.05, 4.69) is 26.0 Å². The molecule has 0 aromatic heterocycles. The highest BCUT2D eigenvalue weighted by Crippen LogP contribution is 2.22. The van der Waals surface area contributed by atoms with Gasteiger partial charge in [-0.05, 0) is 48.8 Å². The number of rotatable bonds is 9.